The molecule has 8 heteroatoms. The number of likely N-dealkylation sites (N-methyl/N-ethyl adjacent to an activating group) is 1. The molecule has 1 aromatic rings. The second kappa shape index (κ2) is 9.17. The van der Waals surface area contributed by atoms with Crippen molar-refractivity contribution < 1.29 is 23.9 Å². The second-order valence-electron chi connectivity index (χ2n) is 9.25. The Morgan fingerprint density at radius 2 is 1.86 bits per heavy atom. The molecule has 2 rings (SSSR count). The highest BCUT2D eigenvalue weighted by Gasteiger charge is 2.44. The Labute approximate surface area is 174 Å². The second-order valence-corrected chi connectivity index (χ2v) is 14.0. The summed E-state index contributed by atoms with van der Waals surface area (Å²) in [6.07, 6.45) is -1.02. The van der Waals surface area contributed by atoms with Gasteiger partial charge >= 0.3 is 12.2 Å². The van der Waals surface area contributed by atoms with Gasteiger partial charge in [0.1, 0.15) is 6.61 Å². The van der Waals surface area contributed by atoms with E-state index in [-0.39, 0.29) is 30.3 Å². The molecule has 162 valence electrons. The summed E-state index contributed by atoms with van der Waals surface area (Å²) in [6.45, 7) is 11.6. The predicted octanol–water partition coefficient (Wildman–Crippen LogP) is 4.40. The molecule has 7 nitrogen and oxygen atoms in total. The number of hydrogen-bond donors (Lipinski definition) is 1. The van der Waals surface area contributed by atoms with Crippen molar-refractivity contribution in [3.63, 3.8) is 0 Å². The van der Waals surface area contributed by atoms with E-state index in [2.05, 4.69) is 33.9 Å². The average molecular weight is 423 g/mol. The van der Waals surface area contributed by atoms with Gasteiger partial charge in [-0.3, -0.25) is 0 Å². The number of carbonyl (C=O) groups excluding carboxylic acids is 1. The standard InChI is InChI=1S/C21H34N2O5Si/c1-21(2,3)29(5,6)28-18-12-17(23(14-18)19(24)25)13-22(4)20(26)27-15-16-10-8-7-9-11-16/h7-11,17-18H,12-15H2,1-6H3,(H,24,25)/t17-,18+/m0/s1. The quantitative estimate of drug-likeness (QED) is 0.688. The number of nitrogens with zero attached hydrogens (tertiary/aromatic N) is 2. The molecule has 1 aliphatic heterocycles. The Hall–Kier alpha value is -2.06. The van der Waals surface area contributed by atoms with Crippen LogP contribution in [0.25, 0.3) is 0 Å². The van der Waals surface area contributed by atoms with E-state index < -0.39 is 20.5 Å². The highest BCUT2D eigenvalue weighted by molar-refractivity contribution is 6.74. The Bertz CT molecular complexity index is 705. The molecule has 0 saturated carbocycles. The first-order valence-electron chi connectivity index (χ1n) is 10.00. The number of rotatable bonds is 6. The summed E-state index contributed by atoms with van der Waals surface area (Å²) in [5, 5.41) is 9.66. The Morgan fingerprint density at radius 1 is 1.24 bits per heavy atom. The summed E-state index contributed by atoms with van der Waals surface area (Å²) in [7, 11) is -0.366. The van der Waals surface area contributed by atoms with Crippen LogP contribution in [0, 0.1) is 0 Å². The van der Waals surface area contributed by atoms with Gasteiger partial charge < -0.3 is 24.1 Å². The van der Waals surface area contributed by atoms with Crippen molar-refractivity contribution in [1.29, 1.82) is 0 Å². The Morgan fingerprint density at radius 3 is 2.41 bits per heavy atom. The van der Waals surface area contributed by atoms with E-state index in [0.717, 1.165) is 5.56 Å². The molecule has 2 atom stereocenters. The third-order valence-electron chi connectivity index (χ3n) is 5.89. The van der Waals surface area contributed by atoms with Crippen molar-refractivity contribution in [3.05, 3.63) is 35.9 Å². The van der Waals surface area contributed by atoms with Crippen LogP contribution in [0.5, 0.6) is 0 Å². The van der Waals surface area contributed by atoms with Crippen LogP contribution >= 0.6 is 0 Å². The highest BCUT2D eigenvalue weighted by atomic mass is 28.4. The molecule has 0 radical (unpaired) electrons. The lowest BCUT2D eigenvalue weighted by molar-refractivity contribution is 0.0911. The van der Waals surface area contributed by atoms with E-state index in [4.69, 9.17) is 9.16 Å². The van der Waals surface area contributed by atoms with Gasteiger partial charge in [-0.1, -0.05) is 51.1 Å². The first-order valence-corrected chi connectivity index (χ1v) is 12.9. The maximum Gasteiger partial charge on any atom is 0.409 e. The van der Waals surface area contributed by atoms with Crippen LogP contribution in [0.3, 0.4) is 0 Å². The fraction of sp³-hybridized carbons (Fsp3) is 0.619. The maximum absolute atomic E-state index is 12.3. The van der Waals surface area contributed by atoms with Gasteiger partial charge in [-0.15, -0.1) is 0 Å². The smallest absolute Gasteiger partial charge is 0.409 e. The largest absolute Gasteiger partial charge is 0.465 e. The fourth-order valence-electron chi connectivity index (χ4n) is 3.18. The minimum atomic E-state index is -2.00. The van der Waals surface area contributed by atoms with Crippen molar-refractivity contribution in [2.24, 2.45) is 0 Å². The van der Waals surface area contributed by atoms with Crippen LogP contribution in [0.2, 0.25) is 18.1 Å². The molecule has 1 heterocycles. The summed E-state index contributed by atoms with van der Waals surface area (Å²) in [5.41, 5.74) is 0.908. The van der Waals surface area contributed by atoms with E-state index in [1.807, 2.05) is 30.3 Å². The summed E-state index contributed by atoms with van der Waals surface area (Å²) < 4.78 is 11.8. The van der Waals surface area contributed by atoms with Gasteiger partial charge in [0.15, 0.2) is 8.32 Å². The minimum absolute atomic E-state index is 0.0528. The van der Waals surface area contributed by atoms with Gasteiger partial charge in [0.2, 0.25) is 0 Å². The monoisotopic (exact) mass is 422 g/mol. The minimum Gasteiger partial charge on any atom is -0.465 e. The van der Waals surface area contributed by atoms with E-state index in [9.17, 15) is 14.7 Å². The fourth-order valence-corrected chi connectivity index (χ4v) is 4.54. The topological polar surface area (TPSA) is 79.3 Å². The molecule has 1 saturated heterocycles. The van der Waals surface area contributed by atoms with Crippen molar-refractivity contribution in [1.82, 2.24) is 9.80 Å². The van der Waals surface area contributed by atoms with Gasteiger partial charge in [-0.2, -0.15) is 0 Å². The number of carbonyl (C=O) groups is 2. The van der Waals surface area contributed by atoms with Crippen LogP contribution in [0.4, 0.5) is 9.59 Å². The first-order chi connectivity index (χ1) is 13.4. The van der Waals surface area contributed by atoms with Gasteiger partial charge in [-0.05, 0) is 30.1 Å². The lowest BCUT2D eigenvalue weighted by Gasteiger charge is -2.38. The molecular formula is C21H34N2O5Si. The molecule has 0 aliphatic carbocycles. The van der Waals surface area contributed by atoms with E-state index in [1.54, 1.807) is 7.05 Å². The van der Waals surface area contributed by atoms with Crippen LogP contribution in [-0.4, -0.2) is 67.7 Å². The molecule has 1 aromatic carbocycles. The first kappa shape index (κ1) is 23.2. The zero-order valence-electron chi connectivity index (χ0n) is 18.3. The SMILES string of the molecule is CN(C[C@@H]1C[C@@H](O[Si](C)(C)C(C)(C)C)CN1C(=O)O)C(=O)OCc1ccccc1. The van der Waals surface area contributed by atoms with Crippen LogP contribution in [0.1, 0.15) is 32.8 Å². The van der Waals surface area contributed by atoms with Crippen molar-refractivity contribution in [2.45, 2.75) is 64.1 Å². The van der Waals surface area contributed by atoms with Gasteiger partial charge in [-0.25, -0.2) is 9.59 Å². The van der Waals surface area contributed by atoms with Gasteiger partial charge in [0.05, 0.1) is 12.1 Å². The zero-order chi connectivity index (χ0) is 21.8. The Kier molecular flexibility index (Phi) is 7.34. The summed E-state index contributed by atoms with van der Waals surface area (Å²) in [6, 6.07) is 9.15. The molecule has 0 aromatic heterocycles. The van der Waals surface area contributed by atoms with Crippen LogP contribution < -0.4 is 0 Å². The molecule has 1 N–H and O–H groups in total. The van der Waals surface area contributed by atoms with Crippen molar-refractivity contribution in [3.8, 4) is 0 Å². The predicted molar refractivity (Wildman–Crippen MR) is 114 cm³/mol. The number of ether oxygens (including phenoxy) is 1. The number of benzene rings is 1. The molecule has 0 spiro atoms. The Balaban J connectivity index is 1.95. The average Bonchev–Trinajstić information content (AvgIpc) is 3.01. The third-order valence-corrected chi connectivity index (χ3v) is 10.4. The van der Waals surface area contributed by atoms with E-state index in [1.165, 1.54) is 9.80 Å². The molecule has 0 unspecified atom stereocenters. The lowest BCUT2D eigenvalue weighted by atomic mass is 10.2. The van der Waals surface area contributed by atoms with Crippen LogP contribution in [-0.2, 0) is 15.8 Å². The van der Waals surface area contributed by atoms with E-state index >= 15 is 0 Å². The number of carboxylic acid groups (broad SMARTS) is 1. The lowest BCUT2D eigenvalue weighted by Crippen LogP contribution is -2.45. The number of likely N-dealkylation sites (tertiary alicyclic amines) is 1. The third kappa shape index (κ3) is 6.21. The maximum atomic E-state index is 12.3. The summed E-state index contributed by atoms with van der Waals surface area (Å²) >= 11 is 0. The normalized spacial score (nSPS) is 19.9. The van der Waals surface area contributed by atoms with Gasteiger partial charge in [0.25, 0.3) is 0 Å². The molecule has 29 heavy (non-hydrogen) atoms. The molecule has 2 amide bonds. The molecule has 0 bridgehead atoms. The molecular weight excluding hydrogens is 388 g/mol. The van der Waals surface area contributed by atoms with Crippen molar-refractivity contribution >= 4 is 20.5 Å². The summed E-state index contributed by atoms with van der Waals surface area (Å²) in [4.78, 5) is 26.9. The summed E-state index contributed by atoms with van der Waals surface area (Å²) in [5.74, 6) is 0. The number of amides is 2. The molecule has 1 fully saturated rings. The highest BCUT2D eigenvalue weighted by Crippen LogP contribution is 2.39. The molecule has 1 aliphatic rings. The zero-order valence-corrected chi connectivity index (χ0v) is 19.3. The van der Waals surface area contributed by atoms with Crippen LogP contribution in [0.15, 0.2) is 30.3 Å². The number of hydrogen-bond acceptors (Lipinski definition) is 4. The van der Waals surface area contributed by atoms with Crippen molar-refractivity contribution in [2.75, 3.05) is 20.1 Å². The van der Waals surface area contributed by atoms with E-state index in [0.29, 0.717) is 13.0 Å². The van der Waals surface area contributed by atoms with Gasteiger partial charge in [0, 0.05) is 20.1 Å².